The second kappa shape index (κ2) is 10.2. The van der Waals surface area contributed by atoms with Crippen LogP contribution in [0, 0.1) is 0 Å². The largest absolute Gasteiger partial charge is 0.606 e. The first-order valence-corrected chi connectivity index (χ1v) is 12.3. The molecule has 2 aromatic heterocycles. The molecule has 0 bridgehead atoms. The molecule has 0 aliphatic carbocycles. The molecule has 174 valence electrons. The molecule has 0 N–H and O–H groups in total. The third-order valence-electron chi connectivity index (χ3n) is 5.76. The monoisotopic (exact) mass is 474 g/mol. The summed E-state index contributed by atoms with van der Waals surface area (Å²) in [6.07, 6.45) is 1.43. The summed E-state index contributed by atoms with van der Waals surface area (Å²) >= 11 is -1.63. The number of hydrogen-bond donors (Lipinski definition) is 0. The van der Waals surface area contributed by atoms with Gasteiger partial charge in [-0.05, 0) is 48.7 Å². The first kappa shape index (κ1) is 23.7. The number of rotatable bonds is 7. The van der Waals surface area contributed by atoms with Gasteiger partial charge in [0.25, 0.3) is 0 Å². The molecule has 4 rings (SSSR count). The van der Waals surface area contributed by atoms with Gasteiger partial charge in [-0.1, -0.05) is 44.2 Å². The summed E-state index contributed by atoms with van der Waals surface area (Å²) in [6.45, 7) is 4.32. The second-order valence-corrected chi connectivity index (χ2v) is 9.32. The van der Waals surface area contributed by atoms with E-state index in [1.54, 1.807) is 47.0 Å². The molecule has 6 nitrogen and oxygen atoms in total. The van der Waals surface area contributed by atoms with E-state index in [1.807, 2.05) is 38.1 Å². The Balaban J connectivity index is 1.91. The van der Waals surface area contributed by atoms with E-state index in [9.17, 15) is 14.1 Å². The van der Waals surface area contributed by atoms with Crippen molar-refractivity contribution in [3.8, 4) is 0 Å². The van der Waals surface area contributed by atoms with E-state index in [-0.39, 0.29) is 17.0 Å². The van der Waals surface area contributed by atoms with Crippen LogP contribution in [0.25, 0.3) is 10.9 Å². The van der Waals surface area contributed by atoms with Crippen LogP contribution in [0.1, 0.15) is 41.2 Å². The molecule has 0 spiro atoms. The minimum atomic E-state index is -1.63. The van der Waals surface area contributed by atoms with Crippen molar-refractivity contribution in [1.82, 2.24) is 9.55 Å². The number of carbonyl (C=O) groups is 1. The lowest BCUT2D eigenvalue weighted by Crippen LogP contribution is -2.27. The molecule has 0 fully saturated rings. The lowest BCUT2D eigenvalue weighted by atomic mass is 10.1. The summed E-state index contributed by atoms with van der Waals surface area (Å²) in [7, 11) is 1.34. The van der Waals surface area contributed by atoms with Crippen molar-refractivity contribution in [3.63, 3.8) is 0 Å². The number of esters is 1. The quantitative estimate of drug-likeness (QED) is 0.290. The molecule has 7 heteroatoms. The third-order valence-corrected chi connectivity index (χ3v) is 7.15. The molecule has 2 heterocycles. The summed E-state index contributed by atoms with van der Waals surface area (Å²) in [5, 5.41) is 0.824. The number of pyridine rings is 2. The maximum absolute atomic E-state index is 13.7. The Labute approximate surface area is 201 Å². The molecule has 0 saturated carbocycles. The van der Waals surface area contributed by atoms with Gasteiger partial charge >= 0.3 is 11.5 Å². The minimum absolute atomic E-state index is 0.227. The number of fused-ring (bicyclic) bond motifs is 1. The number of hydrogen-bond acceptors (Lipinski definition) is 5. The van der Waals surface area contributed by atoms with Gasteiger partial charge in [0.2, 0.25) is 4.90 Å². The summed E-state index contributed by atoms with van der Waals surface area (Å²) in [5.41, 5.74) is 3.51. The molecule has 34 heavy (non-hydrogen) atoms. The Morgan fingerprint density at radius 3 is 2.35 bits per heavy atom. The van der Waals surface area contributed by atoms with E-state index in [1.165, 1.54) is 7.11 Å². The molecule has 0 amide bonds. The molecular weight excluding hydrogens is 448 g/mol. The zero-order chi connectivity index (χ0) is 24.2. The SMILES string of the molecule is CCc1cc2c(cc([S+]([O-])c3ccccc3)c(=O)n2Cc2ccc(C(=O)OC)cc2)c(CC)n1. The molecule has 2 aromatic carbocycles. The highest BCUT2D eigenvalue weighted by Crippen LogP contribution is 2.25. The van der Waals surface area contributed by atoms with E-state index in [0.29, 0.717) is 16.9 Å². The van der Waals surface area contributed by atoms with Crippen molar-refractivity contribution >= 4 is 28.0 Å². The zero-order valence-corrected chi connectivity index (χ0v) is 20.2. The molecule has 1 unspecified atom stereocenters. The number of aryl methyl sites for hydroxylation is 2. The molecule has 0 aliphatic heterocycles. The van der Waals surface area contributed by atoms with Crippen molar-refractivity contribution in [1.29, 1.82) is 0 Å². The molecule has 4 aromatic rings. The van der Waals surface area contributed by atoms with Gasteiger partial charge in [0.05, 0.1) is 24.7 Å². The van der Waals surface area contributed by atoms with Crippen molar-refractivity contribution in [2.45, 2.75) is 43.0 Å². The first-order chi connectivity index (χ1) is 16.5. The number of methoxy groups -OCH3 is 1. The Morgan fingerprint density at radius 1 is 1.03 bits per heavy atom. The van der Waals surface area contributed by atoms with Crippen LogP contribution in [-0.2, 0) is 35.3 Å². The van der Waals surface area contributed by atoms with E-state index < -0.39 is 17.1 Å². The first-order valence-electron chi connectivity index (χ1n) is 11.2. The number of benzene rings is 2. The van der Waals surface area contributed by atoms with Gasteiger partial charge in [0.15, 0.2) is 4.90 Å². The molecule has 0 radical (unpaired) electrons. The Hall–Kier alpha value is -3.42. The average Bonchev–Trinajstić information content (AvgIpc) is 2.89. The van der Waals surface area contributed by atoms with Crippen LogP contribution in [0.15, 0.2) is 81.3 Å². The van der Waals surface area contributed by atoms with Gasteiger partial charge in [0, 0.05) is 34.0 Å². The maximum atomic E-state index is 13.7. The Bertz CT molecular complexity index is 1380. The van der Waals surface area contributed by atoms with Crippen LogP contribution < -0.4 is 5.56 Å². The molecule has 1 atom stereocenters. The van der Waals surface area contributed by atoms with Crippen molar-refractivity contribution in [2.75, 3.05) is 7.11 Å². The minimum Gasteiger partial charge on any atom is -0.606 e. The summed E-state index contributed by atoms with van der Waals surface area (Å²) in [6, 6.07) is 19.6. The number of ether oxygens (including phenoxy) is 1. The zero-order valence-electron chi connectivity index (χ0n) is 19.4. The Kier molecular flexibility index (Phi) is 7.14. The number of carbonyl (C=O) groups excluding carboxylic acids is 1. The fraction of sp³-hybridized carbons (Fsp3) is 0.222. The van der Waals surface area contributed by atoms with Crippen molar-refractivity contribution in [2.24, 2.45) is 0 Å². The van der Waals surface area contributed by atoms with Crippen molar-refractivity contribution in [3.05, 3.63) is 99.6 Å². The van der Waals surface area contributed by atoms with Gasteiger partial charge in [-0.3, -0.25) is 14.3 Å². The van der Waals surface area contributed by atoms with Crippen LogP contribution in [0.3, 0.4) is 0 Å². The second-order valence-electron chi connectivity index (χ2n) is 7.87. The smallest absolute Gasteiger partial charge is 0.337 e. The third kappa shape index (κ3) is 4.62. The molecule has 0 saturated heterocycles. The average molecular weight is 475 g/mol. The van der Waals surface area contributed by atoms with Crippen LogP contribution in [0.4, 0.5) is 0 Å². The van der Waals surface area contributed by atoms with E-state index in [2.05, 4.69) is 0 Å². The van der Waals surface area contributed by atoms with E-state index in [0.717, 1.165) is 34.3 Å². The highest BCUT2D eigenvalue weighted by molar-refractivity contribution is 7.91. The Morgan fingerprint density at radius 2 is 1.74 bits per heavy atom. The lowest BCUT2D eigenvalue weighted by Gasteiger charge is -2.17. The fourth-order valence-electron chi connectivity index (χ4n) is 3.92. The topological polar surface area (TPSA) is 84.2 Å². The van der Waals surface area contributed by atoms with Crippen LogP contribution >= 0.6 is 0 Å². The van der Waals surface area contributed by atoms with Crippen molar-refractivity contribution < 1.29 is 14.1 Å². The van der Waals surface area contributed by atoms with E-state index >= 15 is 0 Å². The predicted octanol–water partition coefficient (Wildman–Crippen LogP) is 4.52. The number of nitrogens with zero attached hydrogens (tertiary/aromatic N) is 2. The van der Waals surface area contributed by atoms with Gasteiger partial charge in [0.1, 0.15) is 0 Å². The maximum Gasteiger partial charge on any atom is 0.337 e. The fourth-order valence-corrected chi connectivity index (χ4v) is 5.08. The van der Waals surface area contributed by atoms with Gasteiger partial charge in [-0.25, -0.2) is 4.79 Å². The summed E-state index contributed by atoms with van der Waals surface area (Å²) in [4.78, 5) is 31.1. The number of aromatic nitrogens is 2. The predicted molar refractivity (Wildman–Crippen MR) is 133 cm³/mol. The normalized spacial score (nSPS) is 12.0. The highest BCUT2D eigenvalue weighted by atomic mass is 32.2. The highest BCUT2D eigenvalue weighted by Gasteiger charge is 2.24. The summed E-state index contributed by atoms with van der Waals surface area (Å²) in [5.74, 6) is -0.416. The lowest BCUT2D eigenvalue weighted by molar-refractivity contribution is 0.0600. The van der Waals surface area contributed by atoms with Crippen LogP contribution in [0.2, 0.25) is 0 Å². The molecule has 0 aliphatic rings. The van der Waals surface area contributed by atoms with Gasteiger partial charge in [-0.2, -0.15) is 0 Å². The van der Waals surface area contributed by atoms with Crippen LogP contribution in [0.5, 0.6) is 0 Å². The van der Waals surface area contributed by atoms with Crippen LogP contribution in [-0.4, -0.2) is 27.2 Å². The molecular formula is C27H26N2O4S. The van der Waals surface area contributed by atoms with E-state index in [4.69, 9.17) is 9.72 Å². The summed E-state index contributed by atoms with van der Waals surface area (Å²) < 4.78 is 19.9. The van der Waals surface area contributed by atoms with Gasteiger partial charge in [-0.15, -0.1) is 0 Å². The van der Waals surface area contributed by atoms with Gasteiger partial charge < -0.3 is 9.29 Å². The standard InChI is InChI=1S/C27H26N2O4S/c1-4-20-15-24-22(23(5-2)28-20)16-25(34(32)21-9-7-6-8-10-21)26(30)29(24)17-18-11-13-19(14-12-18)27(31)33-3/h6-16H,4-5,17H2,1-3H3.